The van der Waals surface area contributed by atoms with E-state index >= 15 is 0 Å². The molecule has 0 bridgehead atoms. The first kappa shape index (κ1) is 18.5. The highest BCUT2D eigenvalue weighted by Crippen LogP contribution is 2.14. The van der Waals surface area contributed by atoms with Crippen molar-refractivity contribution in [2.75, 3.05) is 0 Å². The summed E-state index contributed by atoms with van der Waals surface area (Å²) in [6, 6.07) is 9.53. The molecule has 0 radical (unpaired) electrons. The maximum Gasteiger partial charge on any atom is 0.311 e. The molecule has 8 heteroatoms. The lowest BCUT2D eigenvalue weighted by Crippen LogP contribution is -2.35. The second kappa shape index (κ2) is 7.94. The van der Waals surface area contributed by atoms with E-state index in [1.165, 1.54) is 6.33 Å². The standard InChI is InChI=1S/C19H21N5O3/c1-12-16(13(2)24-19(23-12)21-11-22-24)9-17(25)27-14(3)18(26)20-10-15-7-5-4-6-8-15/h4-8,11,14H,9-10H2,1-3H3,(H,20,26)/t14-/m0/s1. The van der Waals surface area contributed by atoms with Crippen LogP contribution in [-0.2, 0) is 27.3 Å². The van der Waals surface area contributed by atoms with Gasteiger partial charge >= 0.3 is 5.97 Å². The van der Waals surface area contributed by atoms with E-state index in [9.17, 15) is 9.59 Å². The molecule has 2 heterocycles. The molecular formula is C19H21N5O3. The summed E-state index contributed by atoms with van der Waals surface area (Å²) in [7, 11) is 0. The van der Waals surface area contributed by atoms with Gasteiger partial charge < -0.3 is 10.1 Å². The average Bonchev–Trinajstić information content (AvgIpc) is 3.12. The summed E-state index contributed by atoms with van der Waals surface area (Å²) < 4.78 is 6.86. The molecule has 27 heavy (non-hydrogen) atoms. The third-order valence-electron chi connectivity index (χ3n) is 4.30. The number of carbonyl (C=O) groups excluding carboxylic acids is 2. The van der Waals surface area contributed by atoms with Gasteiger partial charge in [0.25, 0.3) is 11.7 Å². The largest absolute Gasteiger partial charge is 0.452 e. The van der Waals surface area contributed by atoms with E-state index in [4.69, 9.17) is 4.74 Å². The highest BCUT2D eigenvalue weighted by molar-refractivity contribution is 5.84. The SMILES string of the molecule is Cc1nc2ncnn2c(C)c1CC(=O)O[C@@H](C)C(=O)NCc1ccccc1. The topological polar surface area (TPSA) is 98.5 Å². The molecule has 8 nitrogen and oxygen atoms in total. The fourth-order valence-corrected chi connectivity index (χ4v) is 2.78. The van der Waals surface area contributed by atoms with Crippen LogP contribution in [0.25, 0.3) is 5.78 Å². The Balaban J connectivity index is 1.59. The number of esters is 1. The van der Waals surface area contributed by atoms with Crippen molar-refractivity contribution in [3.8, 4) is 0 Å². The van der Waals surface area contributed by atoms with Crippen LogP contribution >= 0.6 is 0 Å². The van der Waals surface area contributed by atoms with Crippen LogP contribution in [0, 0.1) is 13.8 Å². The van der Waals surface area contributed by atoms with Gasteiger partial charge in [-0.3, -0.25) is 9.59 Å². The van der Waals surface area contributed by atoms with E-state index < -0.39 is 12.1 Å². The van der Waals surface area contributed by atoms with E-state index in [1.54, 1.807) is 18.4 Å². The predicted octanol–water partition coefficient (Wildman–Crippen LogP) is 1.53. The predicted molar refractivity (Wildman–Crippen MR) is 97.8 cm³/mol. The number of amides is 1. The van der Waals surface area contributed by atoms with E-state index in [1.807, 2.05) is 37.3 Å². The lowest BCUT2D eigenvalue weighted by molar-refractivity contribution is -0.154. The summed E-state index contributed by atoms with van der Waals surface area (Å²) in [5.41, 5.74) is 3.15. The third-order valence-corrected chi connectivity index (χ3v) is 4.30. The Hall–Kier alpha value is -3.29. The molecule has 1 N–H and O–H groups in total. The van der Waals surface area contributed by atoms with Crippen LogP contribution in [0.15, 0.2) is 36.7 Å². The Morgan fingerprint density at radius 3 is 2.70 bits per heavy atom. The summed E-state index contributed by atoms with van der Waals surface area (Å²) in [5, 5.41) is 6.86. The van der Waals surface area contributed by atoms with Crippen LogP contribution in [0.1, 0.15) is 29.4 Å². The molecule has 1 atom stereocenters. The Morgan fingerprint density at radius 1 is 1.22 bits per heavy atom. The molecule has 0 saturated heterocycles. The quantitative estimate of drug-likeness (QED) is 0.664. The van der Waals surface area contributed by atoms with Crippen molar-refractivity contribution in [1.29, 1.82) is 0 Å². The molecule has 3 rings (SSSR count). The van der Waals surface area contributed by atoms with E-state index in [0.717, 1.165) is 16.8 Å². The number of aryl methyl sites for hydroxylation is 2. The zero-order valence-electron chi connectivity index (χ0n) is 15.5. The number of rotatable bonds is 6. The molecule has 0 spiro atoms. The number of nitrogens with one attached hydrogen (secondary N) is 1. The fourth-order valence-electron chi connectivity index (χ4n) is 2.78. The van der Waals surface area contributed by atoms with Gasteiger partial charge in [0, 0.05) is 23.5 Å². The van der Waals surface area contributed by atoms with Gasteiger partial charge in [0.2, 0.25) is 0 Å². The highest BCUT2D eigenvalue weighted by Gasteiger charge is 2.20. The first-order valence-corrected chi connectivity index (χ1v) is 8.62. The zero-order chi connectivity index (χ0) is 19.4. The number of benzene rings is 1. The summed E-state index contributed by atoms with van der Waals surface area (Å²) in [6.07, 6.45) is 0.539. The lowest BCUT2D eigenvalue weighted by Gasteiger charge is -2.15. The fraction of sp³-hybridized carbons (Fsp3) is 0.316. The Bertz CT molecular complexity index is 968. The van der Waals surface area contributed by atoms with Gasteiger partial charge in [-0.2, -0.15) is 10.1 Å². The minimum absolute atomic E-state index is 0.0107. The molecule has 0 fully saturated rings. The maximum absolute atomic E-state index is 12.3. The van der Waals surface area contributed by atoms with Crippen LogP contribution in [0.5, 0.6) is 0 Å². The highest BCUT2D eigenvalue weighted by atomic mass is 16.5. The number of hydrogen-bond acceptors (Lipinski definition) is 6. The monoisotopic (exact) mass is 367 g/mol. The van der Waals surface area contributed by atoms with Gasteiger partial charge in [-0.15, -0.1) is 0 Å². The van der Waals surface area contributed by atoms with Gasteiger partial charge in [-0.05, 0) is 26.3 Å². The summed E-state index contributed by atoms with van der Waals surface area (Å²) in [5.74, 6) is -0.355. The number of fused-ring (bicyclic) bond motifs is 1. The van der Waals surface area contributed by atoms with Crippen LogP contribution in [0.4, 0.5) is 0 Å². The number of ether oxygens (including phenoxy) is 1. The van der Waals surface area contributed by atoms with Crippen LogP contribution < -0.4 is 5.32 Å². The Kier molecular flexibility index (Phi) is 5.44. The second-order valence-electron chi connectivity index (χ2n) is 6.25. The zero-order valence-corrected chi connectivity index (χ0v) is 15.5. The van der Waals surface area contributed by atoms with Crippen molar-refractivity contribution < 1.29 is 14.3 Å². The molecule has 2 aromatic heterocycles. The number of carbonyl (C=O) groups is 2. The van der Waals surface area contributed by atoms with Crippen molar-refractivity contribution in [1.82, 2.24) is 24.9 Å². The third kappa shape index (κ3) is 4.28. The molecule has 1 aromatic carbocycles. The molecule has 0 unspecified atom stereocenters. The van der Waals surface area contributed by atoms with Gasteiger partial charge in [-0.25, -0.2) is 9.50 Å². The minimum Gasteiger partial charge on any atom is -0.452 e. The van der Waals surface area contributed by atoms with Crippen LogP contribution in [0.2, 0.25) is 0 Å². The van der Waals surface area contributed by atoms with Crippen molar-refractivity contribution in [3.63, 3.8) is 0 Å². The molecule has 0 saturated carbocycles. The van der Waals surface area contributed by atoms with Gasteiger partial charge in [0.05, 0.1) is 6.42 Å². The van der Waals surface area contributed by atoms with Crippen LogP contribution in [0.3, 0.4) is 0 Å². The van der Waals surface area contributed by atoms with Crippen molar-refractivity contribution in [2.24, 2.45) is 0 Å². The van der Waals surface area contributed by atoms with Gasteiger partial charge in [-0.1, -0.05) is 30.3 Å². The van der Waals surface area contributed by atoms with Crippen LogP contribution in [-0.4, -0.2) is 37.6 Å². The Labute approximate surface area is 156 Å². The normalized spacial score (nSPS) is 12.0. The average molecular weight is 367 g/mol. The molecule has 3 aromatic rings. The molecule has 0 aliphatic rings. The van der Waals surface area contributed by atoms with Gasteiger partial charge in [0.1, 0.15) is 6.33 Å². The molecule has 0 aliphatic carbocycles. The summed E-state index contributed by atoms with van der Waals surface area (Å²) in [4.78, 5) is 32.8. The first-order chi connectivity index (χ1) is 13.0. The van der Waals surface area contributed by atoms with Crippen molar-refractivity contribution in [3.05, 3.63) is 59.2 Å². The summed E-state index contributed by atoms with van der Waals surface area (Å²) in [6.45, 7) is 5.58. The van der Waals surface area contributed by atoms with E-state index in [0.29, 0.717) is 18.0 Å². The lowest BCUT2D eigenvalue weighted by atomic mass is 10.1. The molecule has 1 amide bonds. The Morgan fingerprint density at radius 2 is 1.96 bits per heavy atom. The van der Waals surface area contributed by atoms with Crippen molar-refractivity contribution >= 4 is 17.7 Å². The van der Waals surface area contributed by atoms with E-state index in [2.05, 4.69) is 20.4 Å². The maximum atomic E-state index is 12.3. The number of aromatic nitrogens is 4. The number of nitrogens with zero attached hydrogens (tertiary/aromatic N) is 4. The number of hydrogen-bond donors (Lipinski definition) is 1. The second-order valence-corrected chi connectivity index (χ2v) is 6.25. The first-order valence-electron chi connectivity index (χ1n) is 8.62. The summed E-state index contributed by atoms with van der Waals surface area (Å²) >= 11 is 0. The smallest absolute Gasteiger partial charge is 0.311 e. The molecule has 0 aliphatic heterocycles. The molecular weight excluding hydrogens is 346 g/mol. The van der Waals surface area contributed by atoms with E-state index in [-0.39, 0.29) is 12.3 Å². The van der Waals surface area contributed by atoms with Gasteiger partial charge in [0.15, 0.2) is 6.10 Å². The minimum atomic E-state index is -0.884. The van der Waals surface area contributed by atoms with Crippen molar-refractivity contribution in [2.45, 2.75) is 39.8 Å². The molecule has 140 valence electrons.